The summed E-state index contributed by atoms with van der Waals surface area (Å²) < 4.78 is 12.2. The predicted octanol–water partition coefficient (Wildman–Crippen LogP) is 3.79. The average Bonchev–Trinajstić information content (AvgIpc) is 2.41. The van der Waals surface area contributed by atoms with E-state index in [1.807, 2.05) is 38.1 Å². The Labute approximate surface area is 127 Å². The zero-order valence-corrected chi connectivity index (χ0v) is 13.1. The van der Waals surface area contributed by atoms with E-state index in [0.717, 1.165) is 10.0 Å². The molecule has 0 radical (unpaired) electrons. The van der Waals surface area contributed by atoms with Gasteiger partial charge in [0.2, 0.25) is 11.8 Å². The first-order valence-corrected chi connectivity index (χ1v) is 7.14. The van der Waals surface area contributed by atoms with E-state index in [4.69, 9.17) is 15.2 Å². The van der Waals surface area contributed by atoms with Crippen LogP contribution in [0.25, 0.3) is 0 Å². The maximum absolute atomic E-state index is 5.81. The maximum Gasteiger partial charge on any atom is 0.240 e. The number of nitrogen functional groups attached to an aromatic ring is 1. The second kappa shape index (κ2) is 6.61. The molecule has 0 spiro atoms. The SMILES string of the molecule is CC(C)Oc1nc(OCc2ccc(Br)cc2)ccc1N. The molecule has 1 heterocycles. The van der Waals surface area contributed by atoms with Crippen molar-refractivity contribution < 1.29 is 9.47 Å². The van der Waals surface area contributed by atoms with Crippen LogP contribution in [-0.4, -0.2) is 11.1 Å². The Morgan fingerprint density at radius 2 is 1.85 bits per heavy atom. The van der Waals surface area contributed by atoms with Gasteiger partial charge in [0.15, 0.2) is 0 Å². The van der Waals surface area contributed by atoms with E-state index in [9.17, 15) is 0 Å². The molecular weight excluding hydrogens is 320 g/mol. The van der Waals surface area contributed by atoms with E-state index in [2.05, 4.69) is 20.9 Å². The van der Waals surface area contributed by atoms with E-state index < -0.39 is 0 Å². The van der Waals surface area contributed by atoms with E-state index >= 15 is 0 Å². The molecule has 106 valence electrons. The number of halogens is 1. The van der Waals surface area contributed by atoms with Gasteiger partial charge in [-0.05, 0) is 37.6 Å². The van der Waals surface area contributed by atoms with E-state index in [1.54, 1.807) is 12.1 Å². The zero-order valence-electron chi connectivity index (χ0n) is 11.5. The number of hydrogen-bond donors (Lipinski definition) is 1. The summed E-state index contributed by atoms with van der Waals surface area (Å²) in [5.41, 5.74) is 7.39. The van der Waals surface area contributed by atoms with Crippen LogP contribution in [0, 0.1) is 0 Å². The first kappa shape index (κ1) is 14.7. The van der Waals surface area contributed by atoms with Crippen molar-refractivity contribution in [1.29, 1.82) is 0 Å². The lowest BCUT2D eigenvalue weighted by Crippen LogP contribution is -2.09. The van der Waals surface area contributed by atoms with E-state index in [0.29, 0.717) is 24.1 Å². The van der Waals surface area contributed by atoms with Crippen LogP contribution in [0.1, 0.15) is 19.4 Å². The second-order valence-electron chi connectivity index (χ2n) is 4.63. The quantitative estimate of drug-likeness (QED) is 0.902. The summed E-state index contributed by atoms with van der Waals surface area (Å²) in [7, 11) is 0. The minimum Gasteiger partial charge on any atom is -0.473 e. The number of ether oxygens (including phenoxy) is 2. The molecule has 2 N–H and O–H groups in total. The summed E-state index contributed by atoms with van der Waals surface area (Å²) >= 11 is 3.40. The van der Waals surface area contributed by atoms with Crippen molar-refractivity contribution in [3.63, 3.8) is 0 Å². The molecule has 0 saturated heterocycles. The lowest BCUT2D eigenvalue weighted by atomic mass is 10.2. The van der Waals surface area contributed by atoms with Gasteiger partial charge in [0.1, 0.15) is 6.61 Å². The summed E-state index contributed by atoms with van der Waals surface area (Å²) in [5.74, 6) is 0.908. The highest BCUT2D eigenvalue weighted by molar-refractivity contribution is 9.10. The summed E-state index contributed by atoms with van der Waals surface area (Å²) in [6, 6.07) is 11.4. The molecule has 0 unspecified atom stereocenters. The molecule has 5 heteroatoms. The highest BCUT2D eigenvalue weighted by Gasteiger charge is 2.07. The van der Waals surface area contributed by atoms with Gasteiger partial charge < -0.3 is 15.2 Å². The molecule has 0 aliphatic rings. The number of aromatic nitrogens is 1. The van der Waals surface area contributed by atoms with Crippen LogP contribution in [0.5, 0.6) is 11.8 Å². The minimum atomic E-state index is 0.0199. The van der Waals surface area contributed by atoms with Crippen LogP contribution < -0.4 is 15.2 Å². The highest BCUT2D eigenvalue weighted by Crippen LogP contribution is 2.23. The van der Waals surface area contributed by atoms with Crippen LogP contribution in [-0.2, 0) is 6.61 Å². The van der Waals surface area contributed by atoms with Crippen LogP contribution >= 0.6 is 15.9 Å². The highest BCUT2D eigenvalue weighted by atomic mass is 79.9. The monoisotopic (exact) mass is 336 g/mol. The molecule has 0 aliphatic carbocycles. The molecule has 4 nitrogen and oxygen atoms in total. The van der Waals surface area contributed by atoms with Crippen molar-refractivity contribution in [2.75, 3.05) is 5.73 Å². The Bertz CT molecular complexity index is 571. The van der Waals surface area contributed by atoms with Gasteiger partial charge in [0.25, 0.3) is 0 Å². The number of hydrogen-bond acceptors (Lipinski definition) is 4. The fourth-order valence-corrected chi connectivity index (χ4v) is 1.83. The van der Waals surface area contributed by atoms with Crippen molar-refractivity contribution in [1.82, 2.24) is 4.98 Å². The second-order valence-corrected chi connectivity index (χ2v) is 5.54. The molecule has 0 bridgehead atoms. The third-order valence-electron chi connectivity index (χ3n) is 2.51. The Morgan fingerprint density at radius 3 is 2.50 bits per heavy atom. The molecule has 0 atom stereocenters. The topological polar surface area (TPSA) is 57.4 Å². The van der Waals surface area contributed by atoms with Gasteiger partial charge in [0.05, 0.1) is 11.8 Å². The van der Waals surface area contributed by atoms with Crippen molar-refractivity contribution in [2.45, 2.75) is 26.6 Å². The van der Waals surface area contributed by atoms with Crippen molar-refractivity contribution >= 4 is 21.6 Å². The number of pyridine rings is 1. The summed E-state index contributed by atoms with van der Waals surface area (Å²) in [5, 5.41) is 0. The minimum absolute atomic E-state index is 0.0199. The third-order valence-corrected chi connectivity index (χ3v) is 3.04. The molecule has 2 aromatic rings. The van der Waals surface area contributed by atoms with Crippen molar-refractivity contribution in [3.05, 3.63) is 46.4 Å². The normalized spacial score (nSPS) is 10.6. The van der Waals surface area contributed by atoms with Gasteiger partial charge in [-0.25, -0.2) is 0 Å². The van der Waals surface area contributed by atoms with Gasteiger partial charge in [-0.3, -0.25) is 0 Å². The van der Waals surface area contributed by atoms with Gasteiger partial charge in [0, 0.05) is 10.5 Å². The Balaban J connectivity index is 2.04. The lowest BCUT2D eigenvalue weighted by molar-refractivity contribution is 0.226. The van der Waals surface area contributed by atoms with Crippen LogP contribution in [0.2, 0.25) is 0 Å². The molecule has 1 aromatic heterocycles. The number of rotatable bonds is 5. The number of nitrogens with two attached hydrogens (primary N) is 1. The first-order valence-electron chi connectivity index (χ1n) is 6.35. The van der Waals surface area contributed by atoms with Crippen LogP contribution in [0.3, 0.4) is 0 Å². The lowest BCUT2D eigenvalue weighted by Gasteiger charge is -2.12. The molecule has 0 fully saturated rings. The first-order chi connectivity index (χ1) is 9.54. The molecule has 1 aromatic carbocycles. The standard InChI is InChI=1S/C15H17BrN2O2/c1-10(2)20-15-13(17)7-8-14(18-15)19-9-11-3-5-12(16)6-4-11/h3-8,10H,9,17H2,1-2H3. The van der Waals surface area contributed by atoms with Gasteiger partial charge in [-0.1, -0.05) is 28.1 Å². The summed E-state index contributed by atoms with van der Waals surface area (Å²) in [4.78, 5) is 4.27. The van der Waals surface area contributed by atoms with Crippen LogP contribution in [0.4, 0.5) is 5.69 Å². The predicted molar refractivity (Wildman–Crippen MR) is 82.9 cm³/mol. The summed E-state index contributed by atoms with van der Waals surface area (Å²) in [6.07, 6.45) is 0.0199. The molecule has 0 aliphatic heterocycles. The van der Waals surface area contributed by atoms with Gasteiger partial charge in [-0.15, -0.1) is 0 Å². The maximum atomic E-state index is 5.81. The van der Waals surface area contributed by atoms with Gasteiger partial charge >= 0.3 is 0 Å². The zero-order chi connectivity index (χ0) is 14.5. The fraction of sp³-hybridized carbons (Fsp3) is 0.267. The molecule has 0 amide bonds. The summed E-state index contributed by atoms with van der Waals surface area (Å²) in [6.45, 7) is 4.30. The molecular formula is C15H17BrN2O2. The average molecular weight is 337 g/mol. The smallest absolute Gasteiger partial charge is 0.240 e. The van der Waals surface area contributed by atoms with E-state index in [1.165, 1.54) is 0 Å². The molecule has 0 saturated carbocycles. The largest absolute Gasteiger partial charge is 0.473 e. The molecule has 2 rings (SSSR count). The fourth-order valence-electron chi connectivity index (χ4n) is 1.57. The van der Waals surface area contributed by atoms with Gasteiger partial charge in [-0.2, -0.15) is 4.98 Å². The van der Waals surface area contributed by atoms with Crippen molar-refractivity contribution in [3.8, 4) is 11.8 Å². The third kappa shape index (κ3) is 4.13. The van der Waals surface area contributed by atoms with Crippen LogP contribution in [0.15, 0.2) is 40.9 Å². The Hall–Kier alpha value is -1.75. The number of nitrogens with zero attached hydrogens (tertiary/aromatic N) is 1. The Morgan fingerprint density at radius 1 is 1.15 bits per heavy atom. The number of benzene rings is 1. The Kier molecular flexibility index (Phi) is 4.84. The molecule has 20 heavy (non-hydrogen) atoms. The van der Waals surface area contributed by atoms with E-state index in [-0.39, 0.29) is 6.10 Å². The van der Waals surface area contributed by atoms with Crippen molar-refractivity contribution in [2.24, 2.45) is 0 Å². The number of anilines is 1.